The third kappa shape index (κ3) is 1.99. The number of nitrogens with zero attached hydrogens (tertiary/aromatic N) is 3. The molecule has 100 valence electrons. The van der Waals surface area contributed by atoms with Crippen molar-refractivity contribution < 1.29 is 9.26 Å². The van der Waals surface area contributed by atoms with Crippen LogP contribution in [0, 0.1) is 0 Å². The third-order valence-electron chi connectivity index (χ3n) is 3.97. The Kier molecular flexibility index (Phi) is 3.22. The van der Waals surface area contributed by atoms with Crippen LogP contribution in [-0.4, -0.2) is 43.0 Å². The molecule has 6 heteroatoms. The Bertz CT molecular complexity index is 395. The summed E-state index contributed by atoms with van der Waals surface area (Å²) in [4.78, 5) is 6.71. The summed E-state index contributed by atoms with van der Waals surface area (Å²) in [6.07, 6.45) is 3.23. The highest BCUT2D eigenvalue weighted by Gasteiger charge is 2.39. The van der Waals surface area contributed by atoms with Crippen LogP contribution in [0.5, 0.6) is 0 Å². The van der Waals surface area contributed by atoms with Crippen LogP contribution >= 0.6 is 0 Å². The zero-order valence-electron chi connectivity index (χ0n) is 10.8. The van der Waals surface area contributed by atoms with Gasteiger partial charge in [0.2, 0.25) is 5.89 Å². The minimum Gasteiger partial charge on any atom is -0.378 e. The number of nitrogens with one attached hydrogen (secondary N) is 1. The second-order valence-corrected chi connectivity index (χ2v) is 4.96. The van der Waals surface area contributed by atoms with Crippen molar-refractivity contribution in [1.82, 2.24) is 15.5 Å². The van der Waals surface area contributed by atoms with Crippen molar-refractivity contribution in [1.29, 1.82) is 0 Å². The van der Waals surface area contributed by atoms with Gasteiger partial charge in [0.25, 0.3) is 5.95 Å². The van der Waals surface area contributed by atoms with Crippen LogP contribution in [0.15, 0.2) is 4.52 Å². The number of hydrogen-bond acceptors (Lipinski definition) is 6. The average molecular weight is 252 g/mol. The van der Waals surface area contributed by atoms with Gasteiger partial charge >= 0.3 is 0 Å². The molecule has 1 atom stereocenters. The molecule has 2 aliphatic rings. The van der Waals surface area contributed by atoms with Crippen molar-refractivity contribution in [2.45, 2.75) is 31.7 Å². The number of aromatic nitrogens is 2. The normalized spacial score (nSPS) is 28.8. The second-order valence-electron chi connectivity index (χ2n) is 4.96. The minimum absolute atomic E-state index is 0.0997. The van der Waals surface area contributed by atoms with E-state index in [-0.39, 0.29) is 5.54 Å². The highest BCUT2D eigenvalue weighted by Crippen LogP contribution is 2.33. The lowest BCUT2D eigenvalue weighted by molar-refractivity contribution is 0.121. The number of anilines is 1. The second kappa shape index (κ2) is 4.85. The van der Waals surface area contributed by atoms with Gasteiger partial charge in [-0.1, -0.05) is 6.92 Å². The molecule has 0 saturated carbocycles. The van der Waals surface area contributed by atoms with E-state index in [1.807, 2.05) is 0 Å². The number of ether oxygens (including phenoxy) is 1. The quantitative estimate of drug-likeness (QED) is 0.862. The molecule has 2 saturated heterocycles. The molecule has 1 aromatic heterocycles. The molecule has 0 amide bonds. The highest BCUT2D eigenvalue weighted by atomic mass is 16.5. The smallest absolute Gasteiger partial charge is 0.266 e. The number of rotatable bonds is 3. The fourth-order valence-electron chi connectivity index (χ4n) is 2.74. The predicted molar refractivity (Wildman–Crippen MR) is 66.5 cm³/mol. The molecule has 0 bridgehead atoms. The van der Waals surface area contributed by atoms with Gasteiger partial charge in [0.15, 0.2) is 0 Å². The summed E-state index contributed by atoms with van der Waals surface area (Å²) >= 11 is 0. The van der Waals surface area contributed by atoms with Gasteiger partial charge in [0, 0.05) is 13.1 Å². The van der Waals surface area contributed by atoms with Gasteiger partial charge in [-0.05, 0) is 31.0 Å². The van der Waals surface area contributed by atoms with E-state index in [2.05, 4.69) is 27.3 Å². The van der Waals surface area contributed by atoms with Gasteiger partial charge in [-0.3, -0.25) is 0 Å². The lowest BCUT2D eigenvalue weighted by Gasteiger charge is -2.25. The van der Waals surface area contributed by atoms with E-state index in [1.165, 1.54) is 6.42 Å². The van der Waals surface area contributed by atoms with Crippen molar-refractivity contribution in [3.63, 3.8) is 0 Å². The van der Waals surface area contributed by atoms with Gasteiger partial charge < -0.3 is 19.5 Å². The van der Waals surface area contributed by atoms with Gasteiger partial charge in [0.1, 0.15) is 0 Å². The molecule has 0 aromatic carbocycles. The third-order valence-corrected chi connectivity index (χ3v) is 3.97. The summed E-state index contributed by atoms with van der Waals surface area (Å²) in [5.41, 5.74) is -0.0997. The number of morpholine rings is 1. The summed E-state index contributed by atoms with van der Waals surface area (Å²) in [5.74, 6) is 1.44. The van der Waals surface area contributed by atoms with Crippen molar-refractivity contribution in [2.75, 3.05) is 37.7 Å². The fraction of sp³-hybridized carbons (Fsp3) is 0.833. The van der Waals surface area contributed by atoms with Gasteiger partial charge in [-0.25, -0.2) is 0 Å². The topological polar surface area (TPSA) is 63.4 Å². The molecule has 18 heavy (non-hydrogen) atoms. The van der Waals surface area contributed by atoms with E-state index in [0.717, 1.165) is 51.6 Å². The first-order valence-electron chi connectivity index (χ1n) is 6.76. The molecule has 1 N–H and O–H groups in total. The van der Waals surface area contributed by atoms with Gasteiger partial charge in [-0.15, -0.1) is 0 Å². The summed E-state index contributed by atoms with van der Waals surface area (Å²) in [7, 11) is 0. The van der Waals surface area contributed by atoms with E-state index in [9.17, 15) is 0 Å². The van der Waals surface area contributed by atoms with Crippen LogP contribution in [0.4, 0.5) is 5.95 Å². The van der Waals surface area contributed by atoms with E-state index in [0.29, 0.717) is 5.95 Å². The minimum atomic E-state index is -0.0997. The molecular formula is C12H20N4O2. The van der Waals surface area contributed by atoms with Crippen molar-refractivity contribution in [3.8, 4) is 0 Å². The summed E-state index contributed by atoms with van der Waals surface area (Å²) in [5, 5.41) is 7.63. The SMILES string of the molecule is CCC1(c2nc(N3CCOCC3)no2)CCCN1. The standard InChI is InChI=1S/C12H20N4O2/c1-2-12(4-3-5-13-12)10-14-11(15-18-10)16-6-8-17-9-7-16/h13H,2-9H2,1H3. The first-order chi connectivity index (χ1) is 8.84. The first-order valence-corrected chi connectivity index (χ1v) is 6.76. The maximum atomic E-state index is 5.49. The van der Waals surface area contributed by atoms with Crippen LogP contribution < -0.4 is 10.2 Å². The van der Waals surface area contributed by atoms with Crippen LogP contribution in [0.3, 0.4) is 0 Å². The molecule has 0 spiro atoms. The molecule has 3 rings (SSSR count). The molecule has 0 aliphatic carbocycles. The van der Waals surface area contributed by atoms with E-state index >= 15 is 0 Å². The summed E-state index contributed by atoms with van der Waals surface area (Å²) in [6.45, 7) is 6.35. The Balaban J connectivity index is 1.79. The maximum Gasteiger partial charge on any atom is 0.266 e. The van der Waals surface area contributed by atoms with Crippen LogP contribution in [0.25, 0.3) is 0 Å². The molecule has 2 aliphatic heterocycles. The molecule has 1 unspecified atom stereocenters. The van der Waals surface area contributed by atoms with Gasteiger partial charge in [0.05, 0.1) is 18.8 Å². The Morgan fingerprint density at radius 3 is 2.89 bits per heavy atom. The van der Waals surface area contributed by atoms with Crippen molar-refractivity contribution in [2.24, 2.45) is 0 Å². The van der Waals surface area contributed by atoms with Crippen LogP contribution in [0.2, 0.25) is 0 Å². The molecule has 2 fully saturated rings. The zero-order valence-corrected chi connectivity index (χ0v) is 10.8. The predicted octanol–water partition coefficient (Wildman–Crippen LogP) is 0.895. The molecule has 3 heterocycles. The van der Waals surface area contributed by atoms with E-state index in [4.69, 9.17) is 9.26 Å². The summed E-state index contributed by atoms with van der Waals surface area (Å²) in [6, 6.07) is 0. The van der Waals surface area contributed by atoms with Crippen molar-refractivity contribution >= 4 is 5.95 Å². The lowest BCUT2D eigenvalue weighted by atomic mass is 9.94. The highest BCUT2D eigenvalue weighted by molar-refractivity contribution is 5.29. The molecular weight excluding hydrogens is 232 g/mol. The lowest BCUT2D eigenvalue weighted by Crippen LogP contribution is -2.38. The van der Waals surface area contributed by atoms with Crippen molar-refractivity contribution in [3.05, 3.63) is 5.89 Å². The molecule has 0 radical (unpaired) electrons. The average Bonchev–Trinajstić information content (AvgIpc) is 3.09. The zero-order chi connectivity index (χ0) is 12.4. The summed E-state index contributed by atoms with van der Waals surface area (Å²) < 4.78 is 10.8. The Morgan fingerprint density at radius 1 is 1.39 bits per heavy atom. The van der Waals surface area contributed by atoms with Crippen LogP contribution in [0.1, 0.15) is 32.1 Å². The van der Waals surface area contributed by atoms with E-state index < -0.39 is 0 Å². The Labute approximate surface area is 107 Å². The largest absolute Gasteiger partial charge is 0.378 e. The Morgan fingerprint density at radius 2 is 2.22 bits per heavy atom. The number of hydrogen-bond donors (Lipinski definition) is 1. The Hall–Kier alpha value is -1.14. The monoisotopic (exact) mass is 252 g/mol. The maximum absolute atomic E-state index is 5.49. The van der Waals surface area contributed by atoms with Crippen LogP contribution in [-0.2, 0) is 10.3 Å². The van der Waals surface area contributed by atoms with Gasteiger partial charge in [-0.2, -0.15) is 4.98 Å². The first kappa shape index (κ1) is 11.9. The molecule has 1 aromatic rings. The van der Waals surface area contributed by atoms with E-state index in [1.54, 1.807) is 0 Å². The molecule has 6 nitrogen and oxygen atoms in total. The fourth-order valence-corrected chi connectivity index (χ4v) is 2.74.